The highest BCUT2D eigenvalue weighted by molar-refractivity contribution is 8.01. The highest BCUT2D eigenvalue weighted by Crippen LogP contribution is 2.36. The van der Waals surface area contributed by atoms with Gasteiger partial charge in [0.25, 0.3) is 5.91 Å². The number of pyridine rings is 1. The topological polar surface area (TPSA) is 71.5 Å². The number of hydrogen-bond donors (Lipinski definition) is 0. The molecule has 0 unspecified atom stereocenters. The Hall–Kier alpha value is -1.42. The lowest BCUT2D eigenvalue weighted by atomic mass is 10.1. The van der Waals surface area contributed by atoms with Gasteiger partial charge in [-0.2, -0.15) is 0 Å². The number of aromatic nitrogens is 3. The second-order valence-corrected chi connectivity index (χ2v) is 9.01. The van der Waals surface area contributed by atoms with E-state index in [-0.39, 0.29) is 5.91 Å². The normalized spacial score (nSPS) is 18.0. The van der Waals surface area contributed by atoms with E-state index in [1.807, 2.05) is 4.90 Å². The van der Waals surface area contributed by atoms with E-state index < -0.39 is 0 Å². The Kier molecular flexibility index (Phi) is 6.11. The summed E-state index contributed by atoms with van der Waals surface area (Å²) in [6.45, 7) is 4.69. The van der Waals surface area contributed by atoms with E-state index in [2.05, 4.69) is 20.1 Å². The molecule has 2 aliphatic heterocycles. The first-order chi connectivity index (χ1) is 13.2. The van der Waals surface area contributed by atoms with Crippen LogP contribution in [0.25, 0.3) is 0 Å². The van der Waals surface area contributed by atoms with Crippen molar-refractivity contribution in [3.63, 3.8) is 0 Å². The number of halogens is 1. The lowest BCUT2D eigenvalue weighted by Gasteiger charge is -2.26. The molecule has 0 saturated carbocycles. The molecule has 10 heteroatoms. The fourth-order valence-electron chi connectivity index (χ4n) is 3.11. The minimum absolute atomic E-state index is 0.00571. The smallest absolute Gasteiger partial charge is 0.255 e. The second kappa shape index (κ2) is 8.72. The van der Waals surface area contributed by atoms with Crippen molar-refractivity contribution in [3.05, 3.63) is 22.8 Å². The molecular formula is C17H20ClN5O2S2. The molecule has 0 aliphatic carbocycles. The Labute approximate surface area is 171 Å². The molecule has 0 N–H and O–H groups in total. The summed E-state index contributed by atoms with van der Waals surface area (Å²) in [4.78, 5) is 21.0. The number of amides is 1. The molecule has 2 fully saturated rings. The number of likely N-dealkylation sites (tertiary alicyclic amines) is 1. The van der Waals surface area contributed by atoms with E-state index in [9.17, 15) is 4.79 Å². The van der Waals surface area contributed by atoms with E-state index in [1.54, 1.807) is 12.3 Å². The van der Waals surface area contributed by atoms with Crippen LogP contribution in [0, 0.1) is 0 Å². The molecule has 7 nitrogen and oxygen atoms in total. The minimum Gasteiger partial charge on any atom is -0.378 e. The highest BCUT2D eigenvalue weighted by Gasteiger charge is 2.21. The molecule has 2 aliphatic rings. The largest absolute Gasteiger partial charge is 0.378 e. The molecular weight excluding hydrogens is 406 g/mol. The second-order valence-electron chi connectivity index (χ2n) is 6.42. The molecule has 27 heavy (non-hydrogen) atoms. The van der Waals surface area contributed by atoms with Gasteiger partial charge in [-0.3, -0.25) is 4.79 Å². The molecule has 0 atom stereocenters. The van der Waals surface area contributed by atoms with Crippen LogP contribution in [0.5, 0.6) is 0 Å². The maximum Gasteiger partial charge on any atom is 0.255 e. The molecule has 144 valence electrons. The van der Waals surface area contributed by atoms with Gasteiger partial charge >= 0.3 is 0 Å². The average molecular weight is 426 g/mol. The Morgan fingerprint density at radius 1 is 1.15 bits per heavy atom. The zero-order valence-corrected chi connectivity index (χ0v) is 17.2. The monoisotopic (exact) mass is 425 g/mol. The van der Waals surface area contributed by atoms with Gasteiger partial charge in [-0.15, -0.1) is 10.2 Å². The van der Waals surface area contributed by atoms with Crippen molar-refractivity contribution >= 4 is 45.7 Å². The van der Waals surface area contributed by atoms with Crippen LogP contribution >= 0.6 is 34.7 Å². The number of ether oxygens (including phenoxy) is 1. The van der Waals surface area contributed by atoms with Gasteiger partial charge < -0.3 is 14.5 Å². The zero-order chi connectivity index (χ0) is 18.6. The van der Waals surface area contributed by atoms with Gasteiger partial charge in [-0.1, -0.05) is 22.9 Å². The Morgan fingerprint density at radius 3 is 2.67 bits per heavy atom. The van der Waals surface area contributed by atoms with Crippen LogP contribution < -0.4 is 4.90 Å². The van der Waals surface area contributed by atoms with Crippen molar-refractivity contribution in [1.82, 2.24) is 20.1 Å². The summed E-state index contributed by atoms with van der Waals surface area (Å²) in [5.74, 6) is 0.00571. The molecule has 2 saturated heterocycles. The van der Waals surface area contributed by atoms with Gasteiger partial charge in [0.1, 0.15) is 5.03 Å². The van der Waals surface area contributed by atoms with Crippen LogP contribution in [0.2, 0.25) is 5.02 Å². The zero-order valence-electron chi connectivity index (χ0n) is 14.8. The molecule has 4 rings (SSSR count). The number of morpholine rings is 1. The molecule has 0 spiro atoms. The summed E-state index contributed by atoms with van der Waals surface area (Å²) < 4.78 is 6.14. The molecule has 0 radical (unpaired) electrons. The van der Waals surface area contributed by atoms with E-state index in [0.29, 0.717) is 28.8 Å². The first-order valence-corrected chi connectivity index (χ1v) is 11.0. The van der Waals surface area contributed by atoms with Crippen molar-refractivity contribution in [2.24, 2.45) is 0 Å². The molecule has 1 amide bonds. The summed E-state index contributed by atoms with van der Waals surface area (Å²) in [6, 6.07) is 1.71. The predicted molar refractivity (Wildman–Crippen MR) is 106 cm³/mol. The number of carbonyl (C=O) groups excluding carboxylic acids is 1. The van der Waals surface area contributed by atoms with Crippen LogP contribution in [0.15, 0.2) is 21.6 Å². The first kappa shape index (κ1) is 18.9. The molecule has 4 heterocycles. The SMILES string of the molecule is O=C(c1cnc(Sc2nnc(N3CCOCC3)s2)c(Cl)c1)N1CCCCC1. The van der Waals surface area contributed by atoms with E-state index in [0.717, 1.165) is 48.5 Å². The van der Waals surface area contributed by atoms with Gasteiger partial charge in [-0.25, -0.2) is 4.98 Å². The van der Waals surface area contributed by atoms with Gasteiger partial charge in [-0.05, 0) is 37.1 Å². The number of rotatable bonds is 4. The third-order valence-electron chi connectivity index (χ3n) is 4.56. The summed E-state index contributed by atoms with van der Waals surface area (Å²) in [5, 5.41) is 10.5. The van der Waals surface area contributed by atoms with Crippen LogP contribution in [0.1, 0.15) is 29.6 Å². The molecule has 2 aromatic rings. The number of carbonyl (C=O) groups is 1. The van der Waals surface area contributed by atoms with Crippen molar-refractivity contribution < 1.29 is 9.53 Å². The number of nitrogens with zero attached hydrogens (tertiary/aromatic N) is 5. The summed E-state index contributed by atoms with van der Waals surface area (Å²) >= 11 is 9.28. The van der Waals surface area contributed by atoms with Gasteiger partial charge in [0.05, 0.1) is 23.8 Å². The molecule has 0 aromatic carbocycles. The maximum atomic E-state index is 12.6. The minimum atomic E-state index is 0.00571. The number of hydrogen-bond acceptors (Lipinski definition) is 8. The highest BCUT2D eigenvalue weighted by atomic mass is 35.5. The fourth-order valence-corrected chi connectivity index (χ4v) is 5.16. The quantitative estimate of drug-likeness (QED) is 0.744. The Morgan fingerprint density at radius 2 is 1.93 bits per heavy atom. The summed E-state index contributed by atoms with van der Waals surface area (Å²) in [6.07, 6.45) is 4.91. The van der Waals surface area contributed by atoms with Crippen LogP contribution in [-0.4, -0.2) is 65.4 Å². The van der Waals surface area contributed by atoms with Crippen LogP contribution in [0.3, 0.4) is 0 Å². The van der Waals surface area contributed by atoms with E-state index in [1.165, 1.54) is 29.5 Å². The third-order valence-corrected chi connectivity index (χ3v) is 7.01. The van der Waals surface area contributed by atoms with Crippen molar-refractivity contribution in [2.75, 3.05) is 44.3 Å². The van der Waals surface area contributed by atoms with Gasteiger partial charge in [0, 0.05) is 32.4 Å². The van der Waals surface area contributed by atoms with E-state index in [4.69, 9.17) is 16.3 Å². The summed E-state index contributed by atoms with van der Waals surface area (Å²) in [5.41, 5.74) is 0.539. The van der Waals surface area contributed by atoms with Crippen LogP contribution in [0.4, 0.5) is 5.13 Å². The van der Waals surface area contributed by atoms with Gasteiger partial charge in [0.2, 0.25) is 5.13 Å². The first-order valence-electron chi connectivity index (χ1n) is 8.99. The number of piperidine rings is 1. The Bertz CT molecular complexity index is 806. The lowest BCUT2D eigenvalue weighted by Crippen LogP contribution is -2.36. The van der Waals surface area contributed by atoms with Gasteiger partial charge in [0.15, 0.2) is 4.34 Å². The summed E-state index contributed by atoms with van der Waals surface area (Å²) in [7, 11) is 0. The maximum absolute atomic E-state index is 12.6. The van der Waals surface area contributed by atoms with E-state index >= 15 is 0 Å². The Balaban J connectivity index is 1.43. The lowest BCUT2D eigenvalue weighted by molar-refractivity contribution is 0.0724. The molecule has 2 aromatic heterocycles. The predicted octanol–water partition coefficient (Wildman–Crippen LogP) is 3.20. The average Bonchev–Trinajstić information content (AvgIpc) is 3.19. The molecule has 0 bridgehead atoms. The van der Waals surface area contributed by atoms with Crippen molar-refractivity contribution in [1.29, 1.82) is 0 Å². The fraction of sp³-hybridized carbons (Fsp3) is 0.529. The van der Waals surface area contributed by atoms with Crippen LogP contribution in [-0.2, 0) is 4.74 Å². The third kappa shape index (κ3) is 4.53. The van der Waals surface area contributed by atoms with Crippen molar-refractivity contribution in [3.8, 4) is 0 Å². The number of anilines is 1. The standard InChI is InChI=1S/C17H20ClN5O2S2/c18-13-10-12(15(24)22-4-2-1-3-5-22)11-19-14(13)26-17-21-20-16(27-17)23-6-8-25-9-7-23/h10-11H,1-9H2. The van der Waals surface area contributed by atoms with Crippen molar-refractivity contribution in [2.45, 2.75) is 28.6 Å².